The summed E-state index contributed by atoms with van der Waals surface area (Å²) >= 11 is 11.9. The number of halogens is 2. The number of nitrogens with two attached hydrogens (primary N) is 1. The lowest BCUT2D eigenvalue weighted by atomic mass is 9.91. The van der Waals surface area contributed by atoms with Crippen molar-refractivity contribution in [1.82, 2.24) is 5.32 Å². The Bertz CT molecular complexity index is 504. The first-order chi connectivity index (χ1) is 9.99. The molecule has 1 saturated heterocycles. The van der Waals surface area contributed by atoms with Crippen LogP contribution in [0.1, 0.15) is 31.4 Å². The molecule has 1 aromatic rings. The Labute approximate surface area is 134 Å². The third kappa shape index (κ3) is 4.33. The van der Waals surface area contributed by atoms with Crippen molar-refractivity contribution >= 4 is 29.1 Å². The number of benzene rings is 1. The molecule has 4 nitrogen and oxygen atoms in total. The third-order valence-corrected chi connectivity index (χ3v) is 4.62. The van der Waals surface area contributed by atoms with Crippen molar-refractivity contribution in [3.8, 4) is 0 Å². The van der Waals surface area contributed by atoms with Crippen LogP contribution < -0.4 is 11.1 Å². The number of nitrogens with one attached hydrogen (secondary N) is 1. The van der Waals surface area contributed by atoms with Gasteiger partial charge < -0.3 is 15.8 Å². The molecule has 1 aliphatic rings. The Morgan fingerprint density at radius 1 is 1.33 bits per heavy atom. The van der Waals surface area contributed by atoms with Crippen LogP contribution in [0.5, 0.6) is 0 Å². The fourth-order valence-electron chi connectivity index (χ4n) is 2.46. The average Bonchev–Trinajstić information content (AvgIpc) is 2.50. The zero-order valence-corrected chi connectivity index (χ0v) is 13.5. The summed E-state index contributed by atoms with van der Waals surface area (Å²) < 4.78 is 5.29. The van der Waals surface area contributed by atoms with Gasteiger partial charge in [0.1, 0.15) is 0 Å². The number of hydrogen-bond acceptors (Lipinski definition) is 3. The van der Waals surface area contributed by atoms with E-state index in [0.717, 1.165) is 18.4 Å². The van der Waals surface area contributed by atoms with E-state index in [1.165, 1.54) is 0 Å². The van der Waals surface area contributed by atoms with Gasteiger partial charge in [-0.1, -0.05) is 29.3 Å². The number of ether oxygens (including phenoxy) is 1. The van der Waals surface area contributed by atoms with Crippen molar-refractivity contribution in [1.29, 1.82) is 0 Å². The van der Waals surface area contributed by atoms with E-state index in [2.05, 4.69) is 5.32 Å². The van der Waals surface area contributed by atoms with Crippen LogP contribution >= 0.6 is 23.2 Å². The first-order valence-corrected chi connectivity index (χ1v) is 7.83. The summed E-state index contributed by atoms with van der Waals surface area (Å²) in [6.07, 6.45) is 1.66. The molecule has 1 aliphatic heterocycles. The van der Waals surface area contributed by atoms with E-state index < -0.39 is 6.04 Å². The Morgan fingerprint density at radius 3 is 2.62 bits per heavy atom. The predicted octanol–water partition coefficient (Wildman–Crippen LogP) is 2.92. The lowest BCUT2D eigenvalue weighted by molar-refractivity contribution is -0.125. The maximum atomic E-state index is 12.2. The normalized spacial score (nSPS) is 19.0. The first kappa shape index (κ1) is 16.6. The third-order valence-electron chi connectivity index (χ3n) is 3.88. The number of carbonyl (C=O) groups excluding carboxylic acids is 1. The minimum Gasteiger partial charge on any atom is -0.381 e. The van der Waals surface area contributed by atoms with Crippen molar-refractivity contribution in [2.45, 2.75) is 31.8 Å². The molecule has 0 bridgehead atoms. The SMILES string of the molecule is CC(NC(=O)C(N)C1CCOCC1)c1ccc(Cl)c(Cl)c1. The summed E-state index contributed by atoms with van der Waals surface area (Å²) in [4.78, 5) is 12.2. The lowest BCUT2D eigenvalue weighted by Crippen LogP contribution is -2.47. The molecule has 1 aromatic carbocycles. The highest BCUT2D eigenvalue weighted by Gasteiger charge is 2.27. The van der Waals surface area contributed by atoms with Gasteiger partial charge in [0.25, 0.3) is 0 Å². The summed E-state index contributed by atoms with van der Waals surface area (Å²) in [5.74, 6) is 0.0419. The van der Waals surface area contributed by atoms with Crippen LogP contribution in [0.15, 0.2) is 18.2 Å². The van der Waals surface area contributed by atoms with Crippen molar-refractivity contribution in [3.05, 3.63) is 33.8 Å². The second-order valence-electron chi connectivity index (χ2n) is 5.38. The van der Waals surface area contributed by atoms with Crippen molar-refractivity contribution in [3.63, 3.8) is 0 Å². The number of carbonyl (C=O) groups is 1. The number of rotatable bonds is 4. The topological polar surface area (TPSA) is 64.4 Å². The van der Waals surface area contributed by atoms with Gasteiger partial charge in [-0.3, -0.25) is 4.79 Å². The van der Waals surface area contributed by atoms with E-state index in [4.69, 9.17) is 33.7 Å². The van der Waals surface area contributed by atoms with Crippen LogP contribution in [0.4, 0.5) is 0 Å². The van der Waals surface area contributed by atoms with Crippen LogP contribution in [0.2, 0.25) is 10.0 Å². The van der Waals surface area contributed by atoms with E-state index in [-0.39, 0.29) is 17.9 Å². The van der Waals surface area contributed by atoms with E-state index in [9.17, 15) is 4.79 Å². The fourth-order valence-corrected chi connectivity index (χ4v) is 2.77. The molecule has 1 fully saturated rings. The Hall–Kier alpha value is -0.810. The molecule has 1 amide bonds. The molecular weight excluding hydrogens is 311 g/mol. The molecule has 116 valence electrons. The average molecular weight is 331 g/mol. The van der Waals surface area contributed by atoms with Crippen molar-refractivity contribution < 1.29 is 9.53 Å². The smallest absolute Gasteiger partial charge is 0.237 e. The Morgan fingerprint density at radius 2 is 2.00 bits per heavy atom. The zero-order chi connectivity index (χ0) is 15.4. The summed E-state index contributed by atoms with van der Waals surface area (Å²) in [5, 5.41) is 3.91. The molecular formula is C15H20Cl2N2O2. The number of amides is 1. The van der Waals surface area contributed by atoms with Gasteiger partial charge in [0, 0.05) is 13.2 Å². The molecule has 1 heterocycles. The van der Waals surface area contributed by atoms with E-state index in [0.29, 0.717) is 23.3 Å². The fraction of sp³-hybridized carbons (Fsp3) is 0.533. The minimum absolute atomic E-state index is 0.138. The highest BCUT2D eigenvalue weighted by molar-refractivity contribution is 6.42. The van der Waals surface area contributed by atoms with E-state index in [1.807, 2.05) is 13.0 Å². The summed E-state index contributed by atoms with van der Waals surface area (Å²) in [6.45, 7) is 3.25. The van der Waals surface area contributed by atoms with Gasteiger partial charge in [0.2, 0.25) is 5.91 Å². The van der Waals surface area contributed by atoms with Gasteiger partial charge in [-0.15, -0.1) is 0 Å². The second kappa shape index (κ2) is 7.45. The van der Waals surface area contributed by atoms with Crippen LogP contribution in [0.25, 0.3) is 0 Å². The summed E-state index contributed by atoms with van der Waals surface area (Å²) in [7, 11) is 0. The minimum atomic E-state index is -0.501. The second-order valence-corrected chi connectivity index (χ2v) is 6.19. The Balaban J connectivity index is 1.95. The van der Waals surface area contributed by atoms with E-state index >= 15 is 0 Å². The molecule has 6 heteroatoms. The molecule has 0 saturated carbocycles. The zero-order valence-electron chi connectivity index (χ0n) is 11.9. The molecule has 2 rings (SSSR count). The monoisotopic (exact) mass is 330 g/mol. The highest BCUT2D eigenvalue weighted by atomic mass is 35.5. The van der Waals surface area contributed by atoms with Gasteiger partial charge in [-0.05, 0) is 43.4 Å². The molecule has 3 N–H and O–H groups in total. The molecule has 0 aromatic heterocycles. The van der Waals surface area contributed by atoms with Crippen LogP contribution in [0.3, 0.4) is 0 Å². The van der Waals surface area contributed by atoms with Gasteiger partial charge >= 0.3 is 0 Å². The Kier molecular flexibility index (Phi) is 5.88. The van der Waals surface area contributed by atoms with Crippen molar-refractivity contribution in [2.24, 2.45) is 11.7 Å². The van der Waals surface area contributed by atoms with Gasteiger partial charge in [0.15, 0.2) is 0 Å². The molecule has 0 radical (unpaired) electrons. The van der Waals surface area contributed by atoms with Crippen LogP contribution in [-0.2, 0) is 9.53 Å². The quantitative estimate of drug-likeness (QED) is 0.892. The van der Waals surface area contributed by atoms with Crippen LogP contribution in [-0.4, -0.2) is 25.2 Å². The summed E-state index contributed by atoms with van der Waals surface area (Å²) in [5.41, 5.74) is 6.96. The highest BCUT2D eigenvalue weighted by Crippen LogP contribution is 2.26. The van der Waals surface area contributed by atoms with E-state index in [1.54, 1.807) is 12.1 Å². The van der Waals surface area contributed by atoms with Gasteiger partial charge in [-0.2, -0.15) is 0 Å². The van der Waals surface area contributed by atoms with Gasteiger partial charge in [-0.25, -0.2) is 0 Å². The van der Waals surface area contributed by atoms with Gasteiger partial charge in [0.05, 0.1) is 22.1 Å². The standard InChI is InChI=1S/C15H20Cl2N2O2/c1-9(11-2-3-12(16)13(17)8-11)19-15(20)14(18)10-4-6-21-7-5-10/h2-3,8-10,14H,4-7,18H2,1H3,(H,19,20). The summed E-state index contributed by atoms with van der Waals surface area (Å²) in [6, 6.07) is 4.66. The van der Waals surface area contributed by atoms with Crippen molar-refractivity contribution in [2.75, 3.05) is 13.2 Å². The predicted molar refractivity (Wildman–Crippen MR) is 84.5 cm³/mol. The van der Waals surface area contributed by atoms with Crippen LogP contribution in [0, 0.1) is 5.92 Å². The molecule has 21 heavy (non-hydrogen) atoms. The molecule has 2 unspecified atom stereocenters. The maximum Gasteiger partial charge on any atom is 0.237 e. The maximum absolute atomic E-state index is 12.2. The first-order valence-electron chi connectivity index (χ1n) is 7.07. The molecule has 0 spiro atoms. The molecule has 0 aliphatic carbocycles. The largest absolute Gasteiger partial charge is 0.381 e. The number of hydrogen-bond donors (Lipinski definition) is 2. The molecule has 2 atom stereocenters. The lowest BCUT2D eigenvalue weighted by Gasteiger charge is -2.28.